The first kappa shape index (κ1) is 23.2. The number of allylic oxidation sites excluding steroid dienone is 1. The first-order valence-corrected chi connectivity index (χ1v) is 10.8. The van der Waals surface area contributed by atoms with Gasteiger partial charge in [-0.2, -0.15) is 0 Å². The van der Waals surface area contributed by atoms with Crippen LogP contribution >= 0.6 is 0 Å². The normalized spacial score (nSPS) is 18.0. The fraction of sp³-hybridized carbons (Fsp3) is 0.280. The van der Waals surface area contributed by atoms with Crippen LogP contribution in [0.3, 0.4) is 0 Å². The first-order valence-electron chi connectivity index (χ1n) is 10.8. The van der Waals surface area contributed by atoms with E-state index in [9.17, 15) is 9.59 Å². The van der Waals surface area contributed by atoms with Gasteiger partial charge >= 0.3 is 5.97 Å². The van der Waals surface area contributed by atoms with Crippen LogP contribution in [0.5, 0.6) is 5.75 Å². The number of aliphatic imine (C=N–C) groups is 1. The Balaban J connectivity index is 1.67. The zero-order valence-corrected chi connectivity index (χ0v) is 19.2. The van der Waals surface area contributed by atoms with Crippen LogP contribution in [0.4, 0.5) is 5.69 Å². The summed E-state index contributed by atoms with van der Waals surface area (Å²) in [6, 6.07) is 9.00. The lowest BCUT2D eigenvalue weighted by atomic mass is 10.0. The Bertz CT molecular complexity index is 1280. The summed E-state index contributed by atoms with van der Waals surface area (Å²) in [4.78, 5) is 37.6. The summed E-state index contributed by atoms with van der Waals surface area (Å²) < 4.78 is 21.6. The van der Waals surface area contributed by atoms with Crippen molar-refractivity contribution >= 4 is 40.4 Å². The van der Waals surface area contributed by atoms with Gasteiger partial charge in [0.1, 0.15) is 18.0 Å². The minimum absolute atomic E-state index is 0.0127. The predicted octanol–water partition coefficient (Wildman–Crippen LogP) is 3.75. The van der Waals surface area contributed by atoms with Gasteiger partial charge < -0.3 is 23.9 Å². The van der Waals surface area contributed by atoms with Crippen LogP contribution in [0, 0.1) is 12.8 Å². The highest BCUT2D eigenvalue weighted by Gasteiger charge is 2.44. The highest BCUT2D eigenvalue weighted by Crippen LogP contribution is 2.31. The minimum Gasteiger partial charge on any atom is -0.491 e. The standard InChI is InChI=1S/C25H25N3O6/c1-4-32-25(30)21-22(29)20(13-16-14-27-23-18(16)6-5-9-26-23)34-24(21)28-19-8-7-17(12-15(19)2)33-11-10-31-3/h5-9,12-14,21H,4,10-11H2,1-3H3,(H,26,27)/b20-13-,28-24?. The Morgan fingerprint density at radius 1 is 1.29 bits per heavy atom. The maximum absolute atomic E-state index is 13.1. The number of pyridine rings is 1. The molecule has 1 aromatic carbocycles. The Labute approximate surface area is 196 Å². The van der Waals surface area contributed by atoms with Gasteiger partial charge in [-0.3, -0.25) is 9.59 Å². The molecule has 1 fully saturated rings. The number of ether oxygens (including phenoxy) is 4. The van der Waals surface area contributed by atoms with E-state index in [0.717, 1.165) is 10.9 Å². The number of benzene rings is 1. The van der Waals surface area contributed by atoms with E-state index in [-0.39, 0.29) is 18.3 Å². The van der Waals surface area contributed by atoms with Gasteiger partial charge in [0.05, 0.1) is 18.9 Å². The van der Waals surface area contributed by atoms with Crippen LogP contribution in [0.2, 0.25) is 0 Å². The van der Waals surface area contributed by atoms with Crippen molar-refractivity contribution in [3.05, 3.63) is 59.6 Å². The second-order valence-electron chi connectivity index (χ2n) is 7.54. The Hall–Kier alpha value is -3.98. The molecule has 0 bridgehead atoms. The lowest BCUT2D eigenvalue weighted by Crippen LogP contribution is -2.27. The molecule has 9 heteroatoms. The molecule has 0 spiro atoms. The van der Waals surface area contributed by atoms with Crippen molar-refractivity contribution in [2.75, 3.05) is 26.9 Å². The van der Waals surface area contributed by atoms with E-state index in [2.05, 4.69) is 15.0 Å². The van der Waals surface area contributed by atoms with Gasteiger partial charge in [-0.25, -0.2) is 9.98 Å². The number of Topliss-reactive ketones (excluding diaryl/α,β-unsaturated/α-hetero) is 1. The van der Waals surface area contributed by atoms with Gasteiger partial charge in [-0.15, -0.1) is 0 Å². The van der Waals surface area contributed by atoms with E-state index in [1.54, 1.807) is 50.7 Å². The molecule has 0 amide bonds. The van der Waals surface area contributed by atoms with E-state index in [0.29, 0.717) is 35.9 Å². The summed E-state index contributed by atoms with van der Waals surface area (Å²) in [5.74, 6) is -1.83. The second kappa shape index (κ2) is 10.3. The number of aryl methyl sites for hydroxylation is 1. The van der Waals surface area contributed by atoms with Gasteiger partial charge in [-0.05, 0) is 55.8 Å². The molecule has 0 aliphatic carbocycles. The summed E-state index contributed by atoms with van der Waals surface area (Å²) in [7, 11) is 1.61. The van der Waals surface area contributed by atoms with E-state index in [4.69, 9.17) is 18.9 Å². The number of H-pyrrole nitrogens is 1. The molecule has 1 atom stereocenters. The summed E-state index contributed by atoms with van der Waals surface area (Å²) in [5, 5.41) is 0.823. The number of esters is 1. The molecular formula is C25H25N3O6. The fourth-order valence-corrected chi connectivity index (χ4v) is 3.54. The molecule has 1 aliphatic heterocycles. The number of aromatic amines is 1. The molecule has 3 heterocycles. The van der Waals surface area contributed by atoms with Crippen molar-refractivity contribution in [1.82, 2.24) is 9.97 Å². The Morgan fingerprint density at radius 3 is 2.91 bits per heavy atom. The summed E-state index contributed by atoms with van der Waals surface area (Å²) in [5.41, 5.74) is 2.73. The quantitative estimate of drug-likeness (QED) is 0.234. The number of fused-ring (bicyclic) bond motifs is 1. The molecule has 4 rings (SSSR count). The molecule has 9 nitrogen and oxygen atoms in total. The molecule has 0 radical (unpaired) electrons. The summed E-state index contributed by atoms with van der Waals surface area (Å²) >= 11 is 0. The zero-order chi connectivity index (χ0) is 24.1. The number of carbonyl (C=O) groups is 2. The number of methoxy groups -OCH3 is 1. The van der Waals surface area contributed by atoms with Gasteiger partial charge in [0.2, 0.25) is 11.7 Å². The van der Waals surface area contributed by atoms with Crippen molar-refractivity contribution < 1.29 is 28.5 Å². The van der Waals surface area contributed by atoms with Gasteiger partial charge in [-0.1, -0.05) is 0 Å². The SMILES string of the molecule is CCOC(=O)C1C(=O)/C(=C/c2c[nH]c3ncccc23)OC1=Nc1ccc(OCCOC)cc1C. The molecule has 0 saturated carbocycles. The molecular weight excluding hydrogens is 438 g/mol. The van der Waals surface area contributed by atoms with Crippen LogP contribution in [-0.2, 0) is 23.8 Å². The molecule has 176 valence electrons. The number of rotatable bonds is 8. The number of nitrogens with zero attached hydrogens (tertiary/aromatic N) is 2. The molecule has 1 N–H and O–H groups in total. The number of hydrogen-bond donors (Lipinski definition) is 1. The van der Waals surface area contributed by atoms with Crippen LogP contribution < -0.4 is 4.74 Å². The second-order valence-corrected chi connectivity index (χ2v) is 7.54. The average molecular weight is 463 g/mol. The molecule has 34 heavy (non-hydrogen) atoms. The van der Waals surface area contributed by atoms with E-state index in [1.807, 2.05) is 19.1 Å². The third-order valence-electron chi connectivity index (χ3n) is 5.21. The van der Waals surface area contributed by atoms with Gasteiger partial charge in [0.25, 0.3) is 0 Å². The maximum atomic E-state index is 13.1. The van der Waals surface area contributed by atoms with Crippen LogP contribution in [-0.4, -0.2) is 54.5 Å². The average Bonchev–Trinajstić information content (AvgIpc) is 3.37. The maximum Gasteiger partial charge on any atom is 0.326 e. The molecule has 2 aromatic heterocycles. The van der Waals surface area contributed by atoms with Crippen molar-refractivity contribution in [3.8, 4) is 5.75 Å². The number of ketones is 1. The largest absolute Gasteiger partial charge is 0.491 e. The van der Waals surface area contributed by atoms with Gasteiger partial charge in [0, 0.05) is 30.5 Å². The van der Waals surface area contributed by atoms with Crippen LogP contribution in [0.25, 0.3) is 17.1 Å². The summed E-state index contributed by atoms with van der Waals surface area (Å²) in [6.45, 7) is 4.56. The highest BCUT2D eigenvalue weighted by atomic mass is 16.5. The Kier molecular flexibility index (Phi) is 7.03. The summed E-state index contributed by atoms with van der Waals surface area (Å²) in [6.07, 6.45) is 4.98. The van der Waals surface area contributed by atoms with E-state index < -0.39 is 17.7 Å². The highest BCUT2D eigenvalue weighted by molar-refractivity contribution is 6.27. The lowest BCUT2D eigenvalue weighted by Gasteiger charge is -2.09. The smallest absolute Gasteiger partial charge is 0.326 e. The Morgan fingerprint density at radius 2 is 2.15 bits per heavy atom. The number of carbonyl (C=O) groups excluding carboxylic acids is 2. The van der Waals surface area contributed by atoms with Crippen molar-refractivity contribution in [2.45, 2.75) is 13.8 Å². The predicted molar refractivity (Wildman–Crippen MR) is 126 cm³/mol. The zero-order valence-electron chi connectivity index (χ0n) is 19.2. The van der Waals surface area contributed by atoms with Crippen molar-refractivity contribution in [2.24, 2.45) is 10.9 Å². The molecule has 3 aromatic rings. The lowest BCUT2D eigenvalue weighted by molar-refractivity contribution is -0.147. The fourth-order valence-electron chi connectivity index (χ4n) is 3.54. The van der Waals surface area contributed by atoms with Crippen LogP contribution in [0.1, 0.15) is 18.1 Å². The minimum atomic E-state index is -1.27. The van der Waals surface area contributed by atoms with Crippen molar-refractivity contribution in [1.29, 1.82) is 0 Å². The third-order valence-corrected chi connectivity index (χ3v) is 5.21. The number of aromatic nitrogens is 2. The van der Waals surface area contributed by atoms with E-state index in [1.165, 1.54) is 0 Å². The number of nitrogens with one attached hydrogen (secondary N) is 1. The van der Waals surface area contributed by atoms with E-state index >= 15 is 0 Å². The third kappa shape index (κ3) is 4.84. The van der Waals surface area contributed by atoms with Crippen molar-refractivity contribution in [3.63, 3.8) is 0 Å². The topological polar surface area (TPSA) is 112 Å². The van der Waals surface area contributed by atoms with Crippen LogP contribution in [0.15, 0.2) is 53.5 Å². The molecule has 1 aliphatic rings. The monoisotopic (exact) mass is 463 g/mol. The first-order chi connectivity index (χ1) is 16.5. The molecule has 1 saturated heterocycles. The number of hydrogen-bond acceptors (Lipinski definition) is 8. The molecule has 1 unspecified atom stereocenters. The van der Waals surface area contributed by atoms with Gasteiger partial charge in [0.15, 0.2) is 11.7 Å².